The third-order valence-corrected chi connectivity index (χ3v) is 4.28. The van der Waals surface area contributed by atoms with Crippen molar-refractivity contribution in [1.29, 1.82) is 5.26 Å². The van der Waals surface area contributed by atoms with Crippen LogP contribution in [0.1, 0.15) is 12.0 Å². The Hall–Kier alpha value is -2.15. The van der Waals surface area contributed by atoms with Crippen molar-refractivity contribution < 1.29 is 28.2 Å². The van der Waals surface area contributed by atoms with E-state index in [0.29, 0.717) is 0 Å². The van der Waals surface area contributed by atoms with Crippen molar-refractivity contribution in [1.82, 2.24) is 4.72 Å². The maximum atomic E-state index is 12.1. The molecule has 1 aromatic carbocycles. The van der Waals surface area contributed by atoms with Gasteiger partial charge in [-0.05, 0) is 18.2 Å². The molecule has 0 saturated carbocycles. The molecule has 0 spiro atoms. The van der Waals surface area contributed by atoms with Crippen LogP contribution in [0, 0.1) is 11.3 Å². The van der Waals surface area contributed by atoms with E-state index in [9.17, 15) is 18.0 Å². The van der Waals surface area contributed by atoms with Gasteiger partial charge in [0.25, 0.3) is 0 Å². The molecule has 0 bridgehead atoms. The van der Waals surface area contributed by atoms with Gasteiger partial charge in [0, 0.05) is 0 Å². The van der Waals surface area contributed by atoms with Crippen LogP contribution < -0.4 is 4.72 Å². The monoisotopic (exact) mass is 332 g/mol. The lowest BCUT2D eigenvalue weighted by molar-refractivity contribution is -0.145. The van der Waals surface area contributed by atoms with Crippen LogP contribution in [0.5, 0.6) is 0 Å². The van der Waals surface area contributed by atoms with E-state index in [1.54, 1.807) is 10.8 Å². The lowest BCUT2D eigenvalue weighted by atomic mass is 10.2. The Morgan fingerprint density at radius 3 is 2.48 bits per heavy atom. The summed E-state index contributed by atoms with van der Waals surface area (Å²) in [5.74, 6) is -3.13. The number of carbonyl (C=O) groups is 2. The summed E-state index contributed by atoms with van der Waals surface area (Å²) in [4.78, 5) is 20.9. The number of nitrogens with zero attached hydrogens (tertiary/aromatic N) is 1. The van der Waals surface area contributed by atoms with Gasteiger partial charge in [-0.1, -0.05) is 11.6 Å². The van der Waals surface area contributed by atoms with Gasteiger partial charge in [0.2, 0.25) is 10.0 Å². The van der Waals surface area contributed by atoms with Crippen molar-refractivity contribution in [2.45, 2.75) is 17.4 Å². The summed E-state index contributed by atoms with van der Waals surface area (Å²) in [6.07, 6.45) is -0.940. The highest BCUT2D eigenvalue weighted by Gasteiger charge is 2.29. The minimum Gasteiger partial charge on any atom is -0.481 e. The summed E-state index contributed by atoms with van der Waals surface area (Å²) in [7, 11) is -4.39. The zero-order valence-electron chi connectivity index (χ0n) is 10.3. The standard InChI is InChI=1S/C11H9ClN2O6S/c12-7-2-1-6(5-13)3-9(7)21(19,20)14-8(11(17)18)4-10(15)16/h1-3,8,14H,4H2,(H,15,16)(H,17,18)/t8-/m0/s1. The lowest BCUT2D eigenvalue weighted by Crippen LogP contribution is -2.42. The zero-order valence-corrected chi connectivity index (χ0v) is 11.8. The van der Waals surface area contributed by atoms with E-state index in [0.717, 1.165) is 6.07 Å². The van der Waals surface area contributed by atoms with Crippen molar-refractivity contribution in [2.24, 2.45) is 0 Å². The summed E-state index contributed by atoms with van der Waals surface area (Å²) in [5.41, 5.74) is 0.00452. The summed E-state index contributed by atoms with van der Waals surface area (Å²) >= 11 is 5.71. The van der Waals surface area contributed by atoms with E-state index in [2.05, 4.69) is 0 Å². The smallest absolute Gasteiger partial charge is 0.322 e. The molecule has 1 rings (SSSR count). The van der Waals surface area contributed by atoms with Crippen LogP contribution in [0.4, 0.5) is 0 Å². The topological polar surface area (TPSA) is 145 Å². The summed E-state index contributed by atoms with van der Waals surface area (Å²) in [6.45, 7) is 0. The molecule has 0 radical (unpaired) electrons. The maximum absolute atomic E-state index is 12.1. The van der Waals surface area contributed by atoms with E-state index < -0.39 is 39.3 Å². The van der Waals surface area contributed by atoms with Crippen LogP contribution >= 0.6 is 11.6 Å². The van der Waals surface area contributed by atoms with Gasteiger partial charge in [0.05, 0.1) is 23.1 Å². The molecular formula is C11H9ClN2O6S. The number of hydrogen-bond donors (Lipinski definition) is 3. The average molecular weight is 333 g/mol. The Labute approximate surface area is 124 Å². The van der Waals surface area contributed by atoms with Crippen molar-refractivity contribution in [3.05, 3.63) is 28.8 Å². The van der Waals surface area contributed by atoms with Crippen LogP contribution in [0.3, 0.4) is 0 Å². The van der Waals surface area contributed by atoms with Gasteiger partial charge in [0.15, 0.2) is 0 Å². The maximum Gasteiger partial charge on any atom is 0.322 e. The fourth-order valence-electron chi connectivity index (χ4n) is 1.38. The third-order valence-electron chi connectivity index (χ3n) is 2.32. The molecule has 10 heteroatoms. The molecule has 0 aliphatic carbocycles. The normalized spacial score (nSPS) is 12.4. The molecule has 112 valence electrons. The Kier molecular flexibility index (Phi) is 5.26. The van der Waals surface area contributed by atoms with Gasteiger partial charge in [-0.15, -0.1) is 0 Å². The van der Waals surface area contributed by atoms with Crippen LogP contribution in [0.2, 0.25) is 5.02 Å². The fourth-order valence-corrected chi connectivity index (χ4v) is 3.10. The molecule has 0 heterocycles. The number of halogens is 1. The second kappa shape index (κ2) is 6.53. The molecule has 0 unspecified atom stereocenters. The highest BCUT2D eigenvalue weighted by Crippen LogP contribution is 2.22. The van der Waals surface area contributed by atoms with Gasteiger partial charge in [-0.3, -0.25) is 9.59 Å². The van der Waals surface area contributed by atoms with E-state index in [1.807, 2.05) is 0 Å². The quantitative estimate of drug-likeness (QED) is 0.684. The lowest BCUT2D eigenvalue weighted by Gasteiger charge is -2.13. The first-order chi connectivity index (χ1) is 9.67. The van der Waals surface area contributed by atoms with E-state index in [-0.39, 0.29) is 10.6 Å². The number of carboxylic acid groups (broad SMARTS) is 2. The molecule has 1 atom stereocenters. The molecule has 0 saturated heterocycles. The molecule has 0 amide bonds. The molecule has 0 fully saturated rings. The number of nitrogens with one attached hydrogen (secondary N) is 1. The van der Waals surface area contributed by atoms with Crippen molar-refractivity contribution in [3.63, 3.8) is 0 Å². The number of hydrogen-bond acceptors (Lipinski definition) is 5. The van der Waals surface area contributed by atoms with E-state index in [1.165, 1.54) is 12.1 Å². The summed E-state index contributed by atoms with van der Waals surface area (Å²) < 4.78 is 25.8. The molecule has 1 aromatic rings. The number of carboxylic acids is 2. The Morgan fingerprint density at radius 2 is 2.00 bits per heavy atom. The first-order valence-corrected chi connectivity index (χ1v) is 7.20. The molecule has 0 aliphatic heterocycles. The molecule has 3 N–H and O–H groups in total. The summed E-state index contributed by atoms with van der Waals surface area (Å²) in [6, 6.07) is 3.28. The van der Waals surface area contributed by atoms with Gasteiger partial charge < -0.3 is 10.2 Å². The zero-order chi connectivity index (χ0) is 16.2. The minimum atomic E-state index is -4.39. The number of rotatable bonds is 6. The van der Waals surface area contributed by atoms with Gasteiger partial charge in [-0.25, -0.2) is 8.42 Å². The summed E-state index contributed by atoms with van der Waals surface area (Å²) in [5, 5.41) is 25.9. The third kappa shape index (κ3) is 4.42. The van der Waals surface area contributed by atoms with E-state index >= 15 is 0 Å². The number of aliphatic carboxylic acids is 2. The first-order valence-electron chi connectivity index (χ1n) is 5.34. The van der Waals surface area contributed by atoms with Crippen molar-refractivity contribution >= 4 is 33.6 Å². The second-order valence-corrected chi connectivity index (χ2v) is 5.96. The van der Waals surface area contributed by atoms with Gasteiger partial charge >= 0.3 is 11.9 Å². The minimum absolute atomic E-state index is 0.00452. The van der Waals surface area contributed by atoms with Gasteiger partial charge in [0.1, 0.15) is 10.9 Å². The van der Waals surface area contributed by atoms with Crippen LogP contribution in [0.25, 0.3) is 0 Å². The van der Waals surface area contributed by atoms with Crippen molar-refractivity contribution in [3.8, 4) is 6.07 Å². The average Bonchev–Trinajstić information content (AvgIpc) is 2.37. The van der Waals surface area contributed by atoms with Crippen LogP contribution in [-0.2, 0) is 19.6 Å². The number of nitriles is 1. The first kappa shape index (κ1) is 16.9. The van der Waals surface area contributed by atoms with Crippen LogP contribution in [0.15, 0.2) is 23.1 Å². The Balaban J connectivity index is 3.19. The Morgan fingerprint density at radius 1 is 1.38 bits per heavy atom. The fraction of sp³-hybridized carbons (Fsp3) is 0.182. The van der Waals surface area contributed by atoms with Crippen LogP contribution in [-0.4, -0.2) is 36.6 Å². The molecule has 21 heavy (non-hydrogen) atoms. The molecule has 0 aromatic heterocycles. The predicted octanol–water partition coefficient (Wildman–Crippen LogP) is 0.418. The largest absolute Gasteiger partial charge is 0.481 e. The van der Waals surface area contributed by atoms with E-state index in [4.69, 9.17) is 27.1 Å². The second-order valence-electron chi connectivity index (χ2n) is 3.87. The predicted molar refractivity (Wildman–Crippen MR) is 70.2 cm³/mol. The molecule has 0 aliphatic rings. The molecule has 8 nitrogen and oxygen atoms in total. The van der Waals surface area contributed by atoms with Crippen molar-refractivity contribution in [2.75, 3.05) is 0 Å². The van der Waals surface area contributed by atoms with Gasteiger partial charge in [-0.2, -0.15) is 9.98 Å². The highest BCUT2D eigenvalue weighted by atomic mass is 35.5. The number of sulfonamides is 1. The SMILES string of the molecule is N#Cc1ccc(Cl)c(S(=O)(=O)N[C@@H](CC(=O)O)C(=O)O)c1. The highest BCUT2D eigenvalue weighted by molar-refractivity contribution is 7.89. The molecular weight excluding hydrogens is 324 g/mol. The Bertz CT molecular complexity index is 725. The number of benzene rings is 1.